The highest BCUT2D eigenvalue weighted by molar-refractivity contribution is 5.48. The minimum atomic E-state index is 0.339. The van der Waals surface area contributed by atoms with Gasteiger partial charge in [-0.1, -0.05) is 36.4 Å². The molecule has 0 radical (unpaired) electrons. The molecular weight excluding hydrogens is 300 g/mol. The first-order valence-corrected chi connectivity index (χ1v) is 8.45. The second-order valence-corrected chi connectivity index (χ2v) is 6.23. The molecule has 1 saturated heterocycles. The van der Waals surface area contributed by atoms with Gasteiger partial charge >= 0.3 is 0 Å². The molecule has 0 atom stereocenters. The van der Waals surface area contributed by atoms with Crippen LogP contribution in [0.15, 0.2) is 54.7 Å². The highest BCUT2D eigenvalue weighted by atomic mass is 16.7. The van der Waals surface area contributed by atoms with Crippen LogP contribution in [0.1, 0.15) is 11.1 Å². The van der Waals surface area contributed by atoms with Gasteiger partial charge in [0, 0.05) is 32.7 Å². The summed E-state index contributed by atoms with van der Waals surface area (Å²) < 4.78 is 10.8. The van der Waals surface area contributed by atoms with Gasteiger partial charge in [0.2, 0.25) is 6.79 Å². The third kappa shape index (κ3) is 3.54. The molecule has 0 spiro atoms. The quantitative estimate of drug-likeness (QED) is 0.863. The Morgan fingerprint density at radius 3 is 2.50 bits per heavy atom. The van der Waals surface area contributed by atoms with Crippen LogP contribution in [0.4, 0.5) is 0 Å². The van der Waals surface area contributed by atoms with Crippen LogP contribution >= 0.6 is 0 Å². The highest BCUT2D eigenvalue weighted by Gasteiger charge is 2.17. The molecule has 2 aliphatic rings. The van der Waals surface area contributed by atoms with E-state index in [0.717, 1.165) is 44.2 Å². The van der Waals surface area contributed by atoms with Crippen molar-refractivity contribution in [2.24, 2.45) is 0 Å². The second-order valence-electron chi connectivity index (χ2n) is 6.23. The molecular formula is C20H22N2O2. The molecule has 2 aromatic rings. The SMILES string of the molecule is C(=C\N1CCN(Cc2ccc3c(c2)OCO3)CC1)/c1ccccc1. The Kier molecular flexibility index (Phi) is 4.38. The first-order valence-electron chi connectivity index (χ1n) is 8.45. The van der Waals surface area contributed by atoms with Crippen LogP contribution in [-0.4, -0.2) is 42.8 Å². The largest absolute Gasteiger partial charge is 0.454 e. The standard InChI is InChI=1S/C20H22N2O2/c1-2-4-17(5-3-1)8-9-21-10-12-22(13-11-21)15-18-6-7-19-20(14-18)24-16-23-19/h1-9,14H,10-13,15-16H2/b9-8+. The van der Waals surface area contributed by atoms with E-state index in [1.807, 2.05) is 12.1 Å². The van der Waals surface area contributed by atoms with Crippen molar-refractivity contribution in [3.8, 4) is 11.5 Å². The third-order valence-electron chi connectivity index (χ3n) is 4.53. The van der Waals surface area contributed by atoms with Crippen LogP contribution < -0.4 is 9.47 Å². The van der Waals surface area contributed by atoms with Crippen LogP contribution in [0.2, 0.25) is 0 Å². The lowest BCUT2D eigenvalue weighted by Crippen LogP contribution is -2.43. The monoisotopic (exact) mass is 322 g/mol. The number of hydrogen-bond donors (Lipinski definition) is 0. The first-order chi connectivity index (χ1) is 11.9. The predicted octanol–water partition coefficient (Wildman–Crippen LogP) is 3.20. The van der Waals surface area contributed by atoms with Gasteiger partial charge in [0.15, 0.2) is 11.5 Å². The molecule has 1 fully saturated rings. The second kappa shape index (κ2) is 6.97. The maximum Gasteiger partial charge on any atom is 0.231 e. The number of benzene rings is 2. The number of hydrogen-bond acceptors (Lipinski definition) is 4. The third-order valence-corrected chi connectivity index (χ3v) is 4.53. The number of ether oxygens (including phenoxy) is 2. The number of nitrogens with zero attached hydrogens (tertiary/aromatic N) is 2. The number of fused-ring (bicyclic) bond motifs is 1. The van der Waals surface area contributed by atoms with Gasteiger partial charge in [-0.15, -0.1) is 0 Å². The van der Waals surface area contributed by atoms with E-state index in [4.69, 9.17) is 9.47 Å². The molecule has 4 heteroatoms. The summed E-state index contributed by atoms with van der Waals surface area (Å²) >= 11 is 0. The first kappa shape index (κ1) is 15.1. The molecule has 0 bridgehead atoms. The van der Waals surface area contributed by atoms with Gasteiger partial charge < -0.3 is 14.4 Å². The van der Waals surface area contributed by atoms with E-state index in [2.05, 4.69) is 58.5 Å². The highest BCUT2D eigenvalue weighted by Crippen LogP contribution is 2.32. The van der Waals surface area contributed by atoms with Crippen LogP contribution in [0.3, 0.4) is 0 Å². The summed E-state index contributed by atoms with van der Waals surface area (Å²) in [5, 5.41) is 0. The molecule has 4 rings (SSSR count). The van der Waals surface area contributed by atoms with Crippen molar-refractivity contribution in [2.45, 2.75) is 6.54 Å². The van der Waals surface area contributed by atoms with Gasteiger partial charge in [-0.25, -0.2) is 0 Å². The Morgan fingerprint density at radius 2 is 1.67 bits per heavy atom. The summed E-state index contributed by atoms with van der Waals surface area (Å²) in [7, 11) is 0. The lowest BCUT2D eigenvalue weighted by Gasteiger charge is -2.34. The van der Waals surface area contributed by atoms with Gasteiger partial charge in [-0.05, 0) is 35.5 Å². The van der Waals surface area contributed by atoms with E-state index in [1.165, 1.54) is 11.1 Å². The van der Waals surface area contributed by atoms with Crippen LogP contribution in [0, 0.1) is 0 Å². The fourth-order valence-corrected chi connectivity index (χ4v) is 3.12. The lowest BCUT2D eigenvalue weighted by molar-refractivity contribution is 0.162. The molecule has 0 aromatic heterocycles. The molecule has 0 aliphatic carbocycles. The average Bonchev–Trinajstić information content (AvgIpc) is 3.10. The summed E-state index contributed by atoms with van der Waals surface area (Å²) in [6, 6.07) is 16.7. The molecule has 2 aromatic carbocycles. The van der Waals surface area contributed by atoms with E-state index in [-0.39, 0.29) is 0 Å². The van der Waals surface area contributed by atoms with Gasteiger partial charge in [-0.3, -0.25) is 4.90 Å². The zero-order chi connectivity index (χ0) is 16.2. The number of piperazine rings is 1. The topological polar surface area (TPSA) is 24.9 Å². The maximum absolute atomic E-state index is 5.46. The van der Waals surface area contributed by atoms with Crippen LogP contribution in [-0.2, 0) is 6.54 Å². The fourth-order valence-electron chi connectivity index (χ4n) is 3.12. The van der Waals surface area contributed by atoms with Crippen molar-refractivity contribution in [1.82, 2.24) is 9.80 Å². The smallest absolute Gasteiger partial charge is 0.231 e. The Balaban J connectivity index is 1.29. The fraction of sp³-hybridized carbons (Fsp3) is 0.300. The van der Waals surface area contributed by atoms with Gasteiger partial charge in [0.1, 0.15) is 0 Å². The Labute approximate surface area is 142 Å². The molecule has 0 saturated carbocycles. The Bertz CT molecular complexity index is 707. The van der Waals surface area contributed by atoms with Crippen molar-refractivity contribution in [3.63, 3.8) is 0 Å². The summed E-state index contributed by atoms with van der Waals surface area (Å²) in [4.78, 5) is 4.88. The van der Waals surface area contributed by atoms with Crippen molar-refractivity contribution in [3.05, 3.63) is 65.9 Å². The van der Waals surface area contributed by atoms with E-state index in [9.17, 15) is 0 Å². The van der Waals surface area contributed by atoms with Gasteiger partial charge in [-0.2, -0.15) is 0 Å². The molecule has 24 heavy (non-hydrogen) atoms. The van der Waals surface area contributed by atoms with Crippen molar-refractivity contribution in [1.29, 1.82) is 0 Å². The molecule has 124 valence electrons. The summed E-state index contributed by atoms with van der Waals surface area (Å²) in [6.07, 6.45) is 4.40. The summed E-state index contributed by atoms with van der Waals surface area (Å²) in [5.74, 6) is 1.73. The zero-order valence-corrected chi connectivity index (χ0v) is 13.7. The molecule has 0 unspecified atom stereocenters. The molecule has 4 nitrogen and oxygen atoms in total. The van der Waals surface area contributed by atoms with E-state index in [1.54, 1.807) is 0 Å². The minimum Gasteiger partial charge on any atom is -0.454 e. The van der Waals surface area contributed by atoms with E-state index >= 15 is 0 Å². The number of rotatable bonds is 4. The summed E-state index contributed by atoms with van der Waals surface area (Å²) in [6.45, 7) is 5.58. The van der Waals surface area contributed by atoms with Crippen molar-refractivity contribution in [2.75, 3.05) is 33.0 Å². The predicted molar refractivity (Wildman–Crippen MR) is 94.9 cm³/mol. The van der Waals surface area contributed by atoms with Crippen LogP contribution in [0.5, 0.6) is 11.5 Å². The normalized spacial score (nSPS) is 17.6. The Morgan fingerprint density at radius 1 is 0.875 bits per heavy atom. The van der Waals surface area contributed by atoms with Gasteiger partial charge in [0.25, 0.3) is 0 Å². The summed E-state index contributed by atoms with van der Waals surface area (Å²) in [5.41, 5.74) is 2.54. The molecule has 2 aliphatic heterocycles. The molecule has 2 heterocycles. The van der Waals surface area contributed by atoms with Gasteiger partial charge in [0.05, 0.1) is 0 Å². The minimum absolute atomic E-state index is 0.339. The van der Waals surface area contributed by atoms with Crippen molar-refractivity contribution < 1.29 is 9.47 Å². The van der Waals surface area contributed by atoms with Crippen molar-refractivity contribution >= 4 is 6.08 Å². The zero-order valence-electron chi connectivity index (χ0n) is 13.7. The van der Waals surface area contributed by atoms with E-state index in [0.29, 0.717) is 6.79 Å². The maximum atomic E-state index is 5.46. The van der Waals surface area contributed by atoms with E-state index < -0.39 is 0 Å². The molecule has 0 amide bonds. The lowest BCUT2D eigenvalue weighted by atomic mass is 10.1. The molecule has 0 N–H and O–H groups in total. The van der Waals surface area contributed by atoms with Crippen LogP contribution in [0.25, 0.3) is 6.08 Å². The average molecular weight is 322 g/mol. The Hall–Kier alpha value is -2.46.